The number of aryl methyl sites for hydroxylation is 1. The SMILES string of the molecule is Cc1cc([C@@H](C)Nc2ccc(Cl)cc2-c2ccc3c(c2)B(O)ON=C3)c2oc(N3CCC(C)(C)CC3)c(C)c(=O)c2c1. The van der Waals surface area contributed by atoms with Crippen molar-refractivity contribution in [1.29, 1.82) is 0 Å². The summed E-state index contributed by atoms with van der Waals surface area (Å²) in [6, 6.07) is 15.3. The zero-order chi connectivity index (χ0) is 29.8. The van der Waals surface area contributed by atoms with Crippen molar-refractivity contribution in [3.8, 4) is 11.1 Å². The molecule has 216 valence electrons. The van der Waals surface area contributed by atoms with Crippen LogP contribution in [0.4, 0.5) is 11.6 Å². The third-order valence-corrected chi connectivity index (χ3v) is 8.84. The fourth-order valence-corrected chi connectivity index (χ4v) is 6.13. The third-order valence-electron chi connectivity index (χ3n) is 8.61. The van der Waals surface area contributed by atoms with Crippen LogP contribution in [0.5, 0.6) is 0 Å². The molecular formula is C33H35BClN3O4. The third kappa shape index (κ3) is 5.29. The number of fused-ring (bicyclic) bond motifs is 2. The topological polar surface area (TPSA) is 87.3 Å². The van der Waals surface area contributed by atoms with Crippen LogP contribution in [0.1, 0.15) is 61.9 Å². The molecule has 42 heavy (non-hydrogen) atoms. The fraction of sp³-hybridized carbons (Fsp3) is 0.333. The molecule has 1 saturated heterocycles. The van der Waals surface area contributed by atoms with Gasteiger partial charge in [-0.1, -0.05) is 49.7 Å². The molecule has 0 spiro atoms. The van der Waals surface area contributed by atoms with E-state index in [1.54, 1.807) is 6.21 Å². The van der Waals surface area contributed by atoms with Crippen molar-refractivity contribution in [2.45, 2.75) is 53.5 Å². The minimum atomic E-state index is -1.13. The number of piperidine rings is 1. The minimum Gasteiger partial charge on any atom is -0.440 e. The van der Waals surface area contributed by atoms with E-state index in [1.165, 1.54) is 0 Å². The van der Waals surface area contributed by atoms with Crippen LogP contribution in [0.2, 0.25) is 5.02 Å². The van der Waals surface area contributed by atoms with Gasteiger partial charge in [0.2, 0.25) is 5.88 Å². The molecular weight excluding hydrogens is 549 g/mol. The van der Waals surface area contributed by atoms with Gasteiger partial charge in [0, 0.05) is 40.4 Å². The summed E-state index contributed by atoms with van der Waals surface area (Å²) in [5.41, 5.74) is 7.50. The molecule has 3 heterocycles. The van der Waals surface area contributed by atoms with Crippen LogP contribution in [0.25, 0.3) is 22.1 Å². The lowest BCUT2D eigenvalue weighted by molar-refractivity contribution is 0.274. The Morgan fingerprint density at radius 1 is 1.10 bits per heavy atom. The number of rotatable bonds is 5. The van der Waals surface area contributed by atoms with E-state index >= 15 is 0 Å². The van der Waals surface area contributed by atoms with Crippen molar-refractivity contribution in [2.75, 3.05) is 23.3 Å². The van der Waals surface area contributed by atoms with Crippen LogP contribution in [0.3, 0.4) is 0 Å². The average Bonchev–Trinajstić information content (AvgIpc) is 2.96. The fourth-order valence-electron chi connectivity index (χ4n) is 5.96. The van der Waals surface area contributed by atoms with Crippen molar-refractivity contribution in [2.24, 2.45) is 10.6 Å². The number of benzene rings is 3. The largest absolute Gasteiger partial charge is 0.583 e. The molecule has 3 aromatic carbocycles. The lowest BCUT2D eigenvalue weighted by Crippen LogP contribution is -2.38. The first-order valence-electron chi connectivity index (χ1n) is 14.4. The zero-order valence-electron chi connectivity index (χ0n) is 24.6. The van der Waals surface area contributed by atoms with Gasteiger partial charge in [-0.05, 0) is 80.0 Å². The molecule has 2 N–H and O–H groups in total. The summed E-state index contributed by atoms with van der Waals surface area (Å²) in [5.74, 6) is 0.672. The van der Waals surface area contributed by atoms with Gasteiger partial charge in [0.25, 0.3) is 0 Å². The molecule has 0 aliphatic carbocycles. The zero-order valence-corrected chi connectivity index (χ0v) is 25.4. The summed E-state index contributed by atoms with van der Waals surface area (Å²) in [6.07, 6.45) is 3.68. The molecule has 1 atom stereocenters. The van der Waals surface area contributed by atoms with E-state index in [0.29, 0.717) is 32.9 Å². The molecule has 7 nitrogen and oxygen atoms in total. The number of nitrogens with one attached hydrogen (secondary N) is 1. The number of halogens is 1. The highest BCUT2D eigenvalue weighted by molar-refractivity contribution is 6.62. The maximum Gasteiger partial charge on any atom is 0.583 e. The van der Waals surface area contributed by atoms with Gasteiger partial charge >= 0.3 is 7.12 Å². The molecule has 1 aromatic heterocycles. The monoisotopic (exact) mass is 583 g/mol. The maximum atomic E-state index is 13.7. The van der Waals surface area contributed by atoms with Crippen molar-refractivity contribution in [3.05, 3.63) is 86.0 Å². The van der Waals surface area contributed by atoms with E-state index in [0.717, 1.165) is 59.4 Å². The summed E-state index contributed by atoms with van der Waals surface area (Å²) >= 11 is 6.45. The van der Waals surface area contributed by atoms with E-state index < -0.39 is 7.12 Å². The van der Waals surface area contributed by atoms with Crippen molar-refractivity contribution < 1.29 is 14.2 Å². The summed E-state index contributed by atoms with van der Waals surface area (Å²) in [4.78, 5) is 15.9. The van der Waals surface area contributed by atoms with Crippen molar-refractivity contribution in [1.82, 2.24) is 0 Å². The maximum absolute atomic E-state index is 13.7. The molecule has 2 aliphatic rings. The van der Waals surface area contributed by atoms with E-state index in [2.05, 4.69) is 42.2 Å². The van der Waals surface area contributed by atoms with Gasteiger partial charge in [0.05, 0.1) is 23.2 Å². The predicted octanol–water partition coefficient (Wildman–Crippen LogP) is 6.58. The van der Waals surface area contributed by atoms with Crippen molar-refractivity contribution >= 4 is 52.9 Å². The molecule has 0 amide bonds. The Labute approximate surface area is 251 Å². The number of nitrogens with zero attached hydrogens (tertiary/aromatic N) is 2. The van der Waals surface area contributed by atoms with Crippen LogP contribution in [-0.2, 0) is 4.76 Å². The van der Waals surface area contributed by atoms with Gasteiger partial charge in [-0.3, -0.25) is 4.79 Å². The molecule has 6 rings (SSSR count). The van der Waals surface area contributed by atoms with Crippen LogP contribution in [0.15, 0.2) is 62.9 Å². The average molecular weight is 584 g/mol. The normalized spacial score (nSPS) is 16.7. The lowest BCUT2D eigenvalue weighted by atomic mass is 9.75. The molecule has 4 aromatic rings. The first-order chi connectivity index (χ1) is 20.0. The van der Waals surface area contributed by atoms with Gasteiger partial charge in [-0.2, -0.15) is 0 Å². The van der Waals surface area contributed by atoms with E-state index in [9.17, 15) is 9.82 Å². The summed E-state index contributed by atoms with van der Waals surface area (Å²) in [7, 11) is -1.13. The standard InChI is InChI=1S/C33H35BClN3O4/c1-19-14-25(31-27(15-19)30(39)20(2)32(41-31)38-12-10-33(4,5)11-13-38)21(3)37-29-9-8-24(35)17-26(29)22-6-7-23-18-36-42-34(40)28(23)16-22/h6-9,14-18,21,37,40H,10-13H2,1-5H3/t21-/m1/s1. The smallest absolute Gasteiger partial charge is 0.440 e. The van der Waals surface area contributed by atoms with Gasteiger partial charge in [-0.15, -0.1) is 5.16 Å². The Bertz CT molecular complexity index is 1770. The van der Waals surface area contributed by atoms with Crippen molar-refractivity contribution in [3.63, 3.8) is 0 Å². The van der Waals surface area contributed by atoms with Gasteiger partial charge in [0.15, 0.2) is 5.43 Å². The highest BCUT2D eigenvalue weighted by atomic mass is 35.5. The summed E-state index contributed by atoms with van der Waals surface area (Å²) < 4.78 is 11.7. The second-order valence-corrected chi connectivity index (χ2v) is 12.8. The quantitative estimate of drug-likeness (QED) is 0.258. The Morgan fingerprint density at radius 3 is 2.62 bits per heavy atom. The Balaban J connectivity index is 1.40. The molecule has 0 bridgehead atoms. The van der Waals surface area contributed by atoms with E-state index in [1.807, 2.05) is 56.3 Å². The predicted molar refractivity (Wildman–Crippen MR) is 172 cm³/mol. The summed E-state index contributed by atoms with van der Waals surface area (Å²) in [5, 5.41) is 18.9. The summed E-state index contributed by atoms with van der Waals surface area (Å²) in [6.45, 7) is 12.2. The number of anilines is 2. The Morgan fingerprint density at radius 2 is 1.86 bits per heavy atom. The van der Waals surface area contributed by atoms with E-state index in [4.69, 9.17) is 20.8 Å². The van der Waals surface area contributed by atoms with Gasteiger partial charge in [0.1, 0.15) is 5.58 Å². The first-order valence-corrected chi connectivity index (χ1v) is 14.8. The molecule has 0 radical (unpaired) electrons. The van der Waals surface area contributed by atoms with Crippen LogP contribution in [-0.4, -0.2) is 31.4 Å². The van der Waals surface area contributed by atoms with E-state index in [-0.39, 0.29) is 16.9 Å². The van der Waals surface area contributed by atoms with Gasteiger partial charge in [-0.25, -0.2) is 0 Å². The molecule has 0 unspecified atom stereocenters. The van der Waals surface area contributed by atoms with Crippen LogP contribution in [0, 0.1) is 19.3 Å². The number of hydrogen-bond acceptors (Lipinski definition) is 7. The lowest BCUT2D eigenvalue weighted by Gasteiger charge is -2.37. The Kier molecular flexibility index (Phi) is 7.31. The van der Waals surface area contributed by atoms with Crippen LogP contribution >= 0.6 is 11.6 Å². The van der Waals surface area contributed by atoms with Gasteiger partial charge < -0.3 is 24.4 Å². The molecule has 2 aliphatic heterocycles. The minimum absolute atomic E-state index is 0.0128. The molecule has 1 fully saturated rings. The number of hydrogen-bond donors (Lipinski definition) is 2. The molecule has 0 saturated carbocycles. The second-order valence-electron chi connectivity index (χ2n) is 12.3. The highest BCUT2D eigenvalue weighted by Crippen LogP contribution is 2.37. The second kappa shape index (κ2) is 10.8. The number of oxime groups is 1. The molecule has 9 heteroatoms. The first kappa shape index (κ1) is 28.4. The Hall–Kier alpha value is -3.75. The van der Waals surface area contributed by atoms with Crippen LogP contribution < -0.4 is 21.1 Å². The highest BCUT2D eigenvalue weighted by Gasteiger charge is 2.29.